The summed E-state index contributed by atoms with van der Waals surface area (Å²) in [5.41, 5.74) is 0.219. The number of hydrogen-bond acceptors (Lipinski definition) is 8. The van der Waals surface area contributed by atoms with Gasteiger partial charge in [-0.05, 0) is 56.9 Å². The number of benzene rings is 1. The Labute approximate surface area is 285 Å². The minimum Gasteiger partial charge on any atom is -0.476 e. The summed E-state index contributed by atoms with van der Waals surface area (Å²) in [6.07, 6.45) is 2.99. The molecular formula is C35H43F3N6O4S. The topological polar surface area (TPSA) is 122 Å². The van der Waals surface area contributed by atoms with Crippen molar-refractivity contribution in [1.29, 1.82) is 0 Å². The van der Waals surface area contributed by atoms with Crippen molar-refractivity contribution in [2.24, 2.45) is 10.8 Å². The maximum Gasteiger partial charge on any atom is 0.397 e. The van der Waals surface area contributed by atoms with Gasteiger partial charge in [-0.3, -0.25) is 4.72 Å². The number of halogens is 3. The standard InChI is InChI=1S/C35H43F3N6O4S/c1-33(2,23-45)22-43-19-10-6-5-7-11-25-12-8-9-13-27(25)32-28(44-20-17-31(41-44)48-24-34(3,4)35(36,37)38)14-15-29(40-32)42-49(46,47)26-16-18-39-30(43)21-26/h8-9,12-18,20-21,45H,5-7,10-11,19,22-24H2,1-4H3,(H,40,42). The minimum absolute atomic E-state index is 0.0109. The van der Waals surface area contributed by atoms with Crippen molar-refractivity contribution in [2.45, 2.75) is 70.9 Å². The van der Waals surface area contributed by atoms with E-state index in [4.69, 9.17) is 9.72 Å². The average molecular weight is 701 g/mol. The first kappa shape index (κ1) is 36.1. The second-order valence-electron chi connectivity index (χ2n) is 13.9. The summed E-state index contributed by atoms with van der Waals surface area (Å²) in [6.45, 7) is 6.53. The van der Waals surface area contributed by atoms with Crippen molar-refractivity contribution in [3.8, 4) is 22.8 Å². The molecule has 0 aliphatic carbocycles. The molecule has 1 aliphatic rings. The van der Waals surface area contributed by atoms with E-state index >= 15 is 0 Å². The fraction of sp³-hybridized carbons (Fsp3) is 0.457. The van der Waals surface area contributed by atoms with E-state index in [2.05, 4.69) is 14.8 Å². The highest BCUT2D eigenvalue weighted by molar-refractivity contribution is 7.92. The van der Waals surface area contributed by atoms with E-state index < -0.39 is 33.6 Å². The summed E-state index contributed by atoms with van der Waals surface area (Å²) in [7, 11) is -4.11. The zero-order valence-corrected chi connectivity index (χ0v) is 29.0. The molecule has 0 unspecified atom stereocenters. The van der Waals surface area contributed by atoms with Crippen LogP contribution in [0, 0.1) is 10.8 Å². The molecule has 264 valence electrons. The van der Waals surface area contributed by atoms with E-state index in [0.717, 1.165) is 57.1 Å². The predicted octanol–water partition coefficient (Wildman–Crippen LogP) is 7.04. The highest BCUT2D eigenvalue weighted by Crippen LogP contribution is 2.38. The lowest BCUT2D eigenvalue weighted by atomic mass is 9.94. The Morgan fingerprint density at radius 1 is 0.980 bits per heavy atom. The number of nitrogens with zero attached hydrogens (tertiary/aromatic N) is 5. The average Bonchev–Trinajstić information content (AvgIpc) is 3.53. The van der Waals surface area contributed by atoms with E-state index in [1.54, 1.807) is 12.3 Å². The van der Waals surface area contributed by atoms with Gasteiger partial charge in [0.05, 0.1) is 21.7 Å². The number of sulfonamides is 1. The Balaban J connectivity index is 1.54. The molecule has 1 aromatic carbocycles. The van der Waals surface area contributed by atoms with Gasteiger partial charge in [0.15, 0.2) is 0 Å². The van der Waals surface area contributed by atoms with Crippen LogP contribution in [0.2, 0.25) is 0 Å². The molecule has 0 saturated heterocycles. The fourth-order valence-electron chi connectivity index (χ4n) is 5.46. The lowest BCUT2D eigenvalue weighted by Gasteiger charge is -2.32. The molecule has 4 aromatic rings. The molecule has 0 saturated carbocycles. The molecule has 0 atom stereocenters. The molecule has 49 heavy (non-hydrogen) atoms. The number of ether oxygens (including phenoxy) is 1. The summed E-state index contributed by atoms with van der Waals surface area (Å²) in [4.78, 5) is 11.3. The molecule has 5 rings (SSSR count). The molecule has 4 bridgehead atoms. The van der Waals surface area contributed by atoms with Gasteiger partial charge in [0, 0.05) is 55.2 Å². The van der Waals surface area contributed by atoms with Crippen LogP contribution in [0.3, 0.4) is 0 Å². The smallest absolute Gasteiger partial charge is 0.397 e. The summed E-state index contributed by atoms with van der Waals surface area (Å²) in [6, 6.07) is 15.4. The Morgan fingerprint density at radius 3 is 2.49 bits per heavy atom. The molecule has 10 nitrogen and oxygen atoms in total. The largest absolute Gasteiger partial charge is 0.476 e. The molecule has 0 amide bonds. The summed E-state index contributed by atoms with van der Waals surface area (Å²) in [5.74, 6) is 0.585. The maximum absolute atomic E-state index is 13.7. The van der Waals surface area contributed by atoms with Crippen LogP contribution in [0.1, 0.15) is 58.9 Å². The SMILES string of the molecule is CC(C)(CO)CN1CCCCCCc2ccccc2-c2nc(ccc2-n2ccc(OCC(C)(C)C(F)(F)F)n2)NS(=O)(=O)c2ccnc1c2. The normalized spacial score (nSPS) is 16.0. The van der Waals surface area contributed by atoms with Gasteiger partial charge in [0.1, 0.15) is 18.2 Å². The Bertz CT molecular complexity index is 1860. The third kappa shape index (κ3) is 8.71. The number of rotatable bonds is 7. The van der Waals surface area contributed by atoms with E-state index in [1.165, 1.54) is 35.1 Å². The number of nitrogens with one attached hydrogen (secondary N) is 1. The van der Waals surface area contributed by atoms with E-state index in [0.29, 0.717) is 30.3 Å². The fourth-order valence-corrected chi connectivity index (χ4v) is 6.47. The van der Waals surface area contributed by atoms with Gasteiger partial charge in [-0.25, -0.2) is 23.1 Å². The Kier molecular flexibility index (Phi) is 10.6. The van der Waals surface area contributed by atoms with Gasteiger partial charge in [-0.2, -0.15) is 13.2 Å². The molecule has 4 heterocycles. The van der Waals surface area contributed by atoms with Crippen molar-refractivity contribution < 1.29 is 31.4 Å². The Hall–Kier alpha value is -4.17. The number of pyridine rings is 2. The summed E-state index contributed by atoms with van der Waals surface area (Å²) in [5, 5.41) is 14.4. The van der Waals surface area contributed by atoms with Gasteiger partial charge in [-0.15, -0.1) is 5.10 Å². The highest BCUT2D eigenvalue weighted by atomic mass is 32.2. The van der Waals surface area contributed by atoms with E-state index in [-0.39, 0.29) is 23.2 Å². The van der Waals surface area contributed by atoms with Gasteiger partial charge in [0.25, 0.3) is 10.0 Å². The number of hydrogen-bond donors (Lipinski definition) is 2. The lowest BCUT2D eigenvalue weighted by molar-refractivity contribution is -0.219. The van der Waals surface area contributed by atoms with E-state index in [1.807, 2.05) is 43.0 Å². The van der Waals surface area contributed by atoms with Crippen LogP contribution in [0.15, 0.2) is 71.9 Å². The number of alkyl halides is 3. The first-order valence-corrected chi connectivity index (χ1v) is 17.8. The second kappa shape index (κ2) is 14.4. The van der Waals surface area contributed by atoms with Crippen LogP contribution < -0.4 is 14.4 Å². The molecule has 2 N–H and O–H groups in total. The van der Waals surface area contributed by atoms with Crippen molar-refractivity contribution in [3.05, 3.63) is 72.6 Å². The molecule has 0 spiro atoms. The van der Waals surface area contributed by atoms with Crippen LogP contribution in [0.5, 0.6) is 5.88 Å². The first-order valence-electron chi connectivity index (χ1n) is 16.3. The zero-order valence-electron chi connectivity index (χ0n) is 28.2. The number of aliphatic hydroxyl groups excluding tert-OH is 1. The van der Waals surface area contributed by atoms with Crippen molar-refractivity contribution in [3.63, 3.8) is 0 Å². The first-order chi connectivity index (χ1) is 23.1. The van der Waals surface area contributed by atoms with Gasteiger partial charge in [0.2, 0.25) is 5.88 Å². The molecule has 3 aromatic heterocycles. The zero-order chi connectivity index (χ0) is 35.5. The molecule has 0 fully saturated rings. The number of aliphatic hydroxyl groups is 1. The van der Waals surface area contributed by atoms with Gasteiger partial charge >= 0.3 is 6.18 Å². The predicted molar refractivity (Wildman–Crippen MR) is 182 cm³/mol. The minimum atomic E-state index is -4.45. The molecule has 14 heteroatoms. The number of fused-ring (bicyclic) bond motifs is 6. The summed E-state index contributed by atoms with van der Waals surface area (Å²) < 4.78 is 77.3. The van der Waals surface area contributed by atoms with Crippen molar-refractivity contribution in [2.75, 3.05) is 35.9 Å². The quantitative estimate of drug-likeness (QED) is 0.211. The third-order valence-electron chi connectivity index (χ3n) is 8.57. The molecule has 0 radical (unpaired) electrons. The monoisotopic (exact) mass is 700 g/mol. The number of aromatic nitrogens is 4. The maximum atomic E-state index is 13.7. The summed E-state index contributed by atoms with van der Waals surface area (Å²) >= 11 is 0. The van der Waals surface area contributed by atoms with Crippen LogP contribution in [-0.2, 0) is 16.4 Å². The van der Waals surface area contributed by atoms with Crippen LogP contribution in [0.25, 0.3) is 16.9 Å². The van der Waals surface area contributed by atoms with Gasteiger partial charge in [-0.1, -0.05) is 51.0 Å². The van der Waals surface area contributed by atoms with Crippen molar-refractivity contribution >= 4 is 21.7 Å². The van der Waals surface area contributed by atoms with Crippen LogP contribution >= 0.6 is 0 Å². The second-order valence-corrected chi connectivity index (χ2v) is 15.5. The Morgan fingerprint density at radius 2 is 1.73 bits per heavy atom. The molecular weight excluding hydrogens is 657 g/mol. The van der Waals surface area contributed by atoms with Crippen molar-refractivity contribution in [1.82, 2.24) is 19.7 Å². The third-order valence-corrected chi connectivity index (χ3v) is 9.92. The van der Waals surface area contributed by atoms with Gasteiger partial charge < -0.3 is 14.7 Å². The van der Waals surface area contributed by atoms with E-state index in [9.17, 15) is 26.7 Å². The number of aryl methyl sites for hydroxylation is 1. The van der Waals surface area contributed by atoms with Crippen LogP contribution in [0.4, 0.5) is 24.8 Å². The molecule has 1 aliphatic heterocycles. The lowest BCUT2D eigenvalue weighted by Crippen LogP contribution is -2.37. The number of anilines is 2. The highest BCUT2D eigenvalue weighted by Gasteiger charge is 2.48. The van der Waals surface area contributed by atoms with Crippen LogP contribution in [-0.4, -0.2) is 65.8 Å².